The van der Waals surface area contributed by atoms with E-state index in [0.717, 1.165) is 17.2 Å². The Bertz CT molecular complexity index is 611. The summed E-state index contributed by atoms with van der Waals surface area (Å²) in [6.07, 6.45) is 1.17. The molecule has 0 radical (unpaired) electrons. The lowest BCUT2D eigenvalue weighted by Crippen LogP contribution is -2.37. The minimum atomic E-state index is -1.39. The molecule has 0 fully saturated rings. The van der Waals surface area contributed by atoms with Gasteiger partial charge in [0.05, 0.1) is 5.92 Å². The van der Waals surface area contributed by atoms with Crippen molar-refractivity contribution in [3.05, 3.63) is 48.0 Å². The van der Waals surface area contributed by atoms with Crippen LogP contribution >= 0.6 is 0 Å². The van der Waals surface area contributed by atoms with E-state index in [0.29, 0.717) is 12.0 Å². The van der Waals surface area contributed by atoms with Gasteiger partial charge >= 0.3 is 5.97 Å². The molecule has 106 valence electrons. The van der Waals surface area contributed by atoms with Gasteiger partial charge in [-0.15, -0.1) is 0 Å². The van der Waals surface area contributed by atoms with E-state index < -0.39 is 17.5 Å². The van der Waals surface area contributed by atoms with Gasteiger partial charge in [-0.3, -0.25) is 4.79 Å². The molecule has 2 aromatic rings. The molecule has 2 aromatic carbocycles. The van der Waals surface area contributed by atoms with Crippen LogP contribution in [0.3, 0.4) is 0 Å². The molecule has 0 saturated heterocycles. The van der Waals surface area contributed by atoms with Crippen LogP contribution in [0.5, 0.6) is 0 Å². The smallest absolute Gasteiger partial charge is 0.309 e. The van der Waals surface area contributed by atoms with Crippen LogP contribution in [0.25, 0.3) is 10.8 Å². The quantitative estimate of drug-likeness (QED) is 0.875. The van der Waals surface area contributed by atoms with Gasteiger partial charge in [-0.1, -0.05) is 55.8 Å². The third kappa shape index (κ3) is 2.54. The third-order valence-corrected chi connectivity index (χ3v) is 3.89. The van der Waals surface area contributed by atoms with Crippen molar-refractivity contribution in [2.24, 2.45) is 5.92 Å². The number of fused-ring (bicyclic) bond motifs is 1. The number of aliphatic hydroxyl groups is 1. The zero-order chi connectivity index (χ0) is 14.8. The number of carboxylic acid groups (broad SMARTS) is 1. The molecule has 3 nitrogen and oxygen atoms in total. The highest BCUT2D eigenvalue weighted by molar-refractivity contribution is 5.87. The Morgan fingerprint density at radius 1 is 1.20 bits per heavy atom. The lowest BCUT2D eigenvalue weighted by molar-refractivity contribution is -0.152. The van der Waals surface area contributed by atoms with E-state index in [1.165, 1.54) is 0 Å². The van der Waals surface area contributed by atoms with Gasteiger partial charge in [-0.2, -0.15) is 0 Å². The number of carbonyl (C=O) groups is 1. The van der Waals surface area contributed by atoms with Gasteiger partial charge in [0.25, 0.3) is 0 Å². The van der Waals surface area contributed by atoms with Crippen molar-refractivity contribution in [1.82, 2.24) is 0 Å². The first kappa shape index (κ1) is 14.5. The van der Waals surface area contributed by atoms with E-state index in [-0.39, 0.29) is 0 Å². The van der Waals surface area contributed by atoms with Gasteiger partial charge in [0, 0.05) is 0 Å². The van der Waals surface area contributed by atoms with Crippen molar-refractivity contribution in [2.75, 3.05) is 0 Å². The van der Waals surface area contributed by atoms with Crippen LogP contribution in [-0.2, 0) is 10.4 Å². The maximum Gasteiger partial charge on any atom is 0.309 e. The van der Waals surface area contributed by atoms with E-state index in [2.05, 4.69) is 0 Å². The highest BCUT2D eigenvalue weighted by Crippen LogP contribution is 2.36. The fraction of sp³-hybridized carbons (Fsp3) is 0.353. The van der Waals surface area contributed by atoms with E-state index in [9.17, 15) is 15.0 Å². The highest BCUT2D eigenvalue weighted by Gasteiger charge is 2.39. The summed E-state index contributed by atoms with van der Waals surface area (Å²) in [6.45, 7) is 3.53. The second-order valence-electron chi connectivity index (χ2n) is 5.35. The first-order valence-electron chi connectivity index (χ1n) is 6.92. The topological polar surface area (TPSA) is 57.5 Å². The number of carboxylic acids is 1. The van der Waals surface area contributed by atoms with Crippen molar-refractivity contribution < 1.29 is 15.0 Å². The maximum absolute atomic E-state index is 11.5. The first-order valence-corrected chi connectivity index (χ1v) is 6.92. The van der Waals surface area contributed by atoms with Crippen LogP contribution in [0.15, 0.2) is 42.5 Å². The Balaban J connectivity index is 2.58. The standard InChI is InChI=1S/C17H20O3/c1-3-7-15(16(18)19)17(2,20)14-11-6-9-12-8-4-5-10-13(12)14/h4-6,8-11,15,20H,3,7H2,1-2H3,(H,18,19). The minimum absolute atomic E-state index is 0.450. The summed E-state index contributed by atoms with van der Waals surface area (Å²) in [7, 11) is 0. The van der Waals surface area contributed by atoms with Crippen LogP contribution in [0.1, 0.15) is 32.3 Å². The van der Waals surface area contributed by atoms with Gasteiger partial charge in [0.15, 0.2) is 0 Å². The van der Waals surface area contributed by atoms with Crippen molar-refractivity contribution in [3.8, 4) is 0 Å². The van der Waals surface area contributed by atoms with Crippen LogP contribution in [0.2, 0.25) is 0 Å². The third-order valence-electron chi connectivity index (χ3n) is 3.89. The van der Waals surface area contributed by atoms with E-state index in [4.69, 9.17) is 0 Å². The van der Waals surface area contributed by atoms with Gasteiger partial charge in [-0.25, -0.2) is 0 Å². The predicted molar refractivity (Wildman–Crippen MR) is 79.6 cm³/mol. The average molecular weight is 272 g/mol. The summed E-state index contributed by atoms with van der Waals surface area (Å²) in [5.74, 6) is -1.76. The molecule has 0 bridgehead atoms. The number of aliphatic carboxylic acids is 1. The van der Waals surface area contributed by atoms with E-state index in [1.807, 2.05) is 49.4 Å². The average Bonchev–Trinajstić information content (AvgIpc) is 2.43. The fourth-order valence-electron chi connectivity index (χ4n) is 2.79. The Morgan fingerprint density at radius 2 is 1.85 bits per heavy atom. The Morgan fingerprint density at radius 3 is 2.50 bits per heavy atom. The SMILES string of the molecule is CCCC(C(=O)O)C(C)(O)c1cccc2ccccc12. The van der Waals surface area contributed by atoms with E-state index in [1.54, 1.807) is 6.92 Å². The molecular formula is C17H20O3. The summed E-state index contributed by atoms with van der Waals surface area (Å²) >= 11 is 0. The van der Waals surface area contributed by atoms with Crippen LogP contribution in [0.4, 0.5) is 0 Å². The van der Waals surface area contributed by atoms with Crippen LogP contribution in [0, 0.1) is 5.92 Å². The van der Waals surface area contributed by atoms with Gasteiger partial charge in [-0.05, 0) is 29.7 Å². The monoisotopic (exact) mass is 272 g/mol. The molecule has 0 amide bonds. The Hall–Kier alpha value is -1.87. The number of benzene rings is 2. The summed E-state index contributed by atoms with van der Waals surface area (Å²) in [5.41, 5.74) is -0.709. The van der Waals surface area contributed by atoms with Crippen LogP contribution < -0.4 is 0 Å². The molecule has 2 N–H and O–H groups in total. The van der Waals surface area contributed by atoms with Gasteiger partial charge < -0.3 is 10.2 Å². The highest BCUT2D eigenvalue weighted by atomic mass is 16.4. The molecule has 0 aliphatic rings. The Labute approximate surface area is 118 Å². The summed E-state index contributed by atoms with van der Waals surface area (Å²) in [4.78, 5) is 11.5. The zero-order valence-corrected chi connectivity index (χ0v) is 11.8. The van der Waals surface area contributed by atoms with E-state index >= 15 is 0 Å². The molecule has 20 heavy (non-hydrogen) atoms. The molecule has 0 spiro atoms. The molecule has 0 saturated carbocycles. The number of rotatable bonds is 5. The number of hydrogen-bond donors (Lipinski definition) is 2. The predicted octanol–water partition coefficient (Wildman–Crippen LogP) is 3.55. The summed E-state index contributed by atoms with van der Waals surface area (Å²) in [6, 6.07) is 13.4. The van der Waals surface area contributed by atoms with Crippen molar-refractivity contribution >= 4 is 16.7 Å². The largest absolute Gasteiger partial charge is 0.481 e. The van der Waals surface area contributed by atoms with Crippen molar-refractivity contribution in [3.63, 3.8) is 0 Å². The zero-order valence-electron chi connectivity index (χ0n) is 11.8. The lowest BCUT2D eigenvalue weighted by atomic mass is 9.78. The van der Waals surface area contributed by atoms with Crippen LogP contribution in [-0.4, -0.2) is 16.2 Å². The molecular weight excluding hydrogens is 252 g/mol. The molecule has 0 heterocycles. The molecule has 3 heteroatoms. The normalized spacial score (nSPS) is 15.8. The maximum atomic E-state index is 11.5. The number of hydrogen-bond acceptors (Lipinski definition) is 2. The van der Waals surface area contributed by atoms with Gasteiger partial charge in [0.2, 0.25) is 0 Å². The summed E-state index contributed by atoms with van der Waals surface area (Å²) in [5, 5.41) is 22.2. The minimum Gasteiger partial charge on any atom is -0.481 e. The second-order valence-corrected chi connectivity index (χ2v) is 5.35. The molecule has 0 aliphatic heterocycles. The molecule has 2 unspecified atom stereocenters. The summed E-state index contributed by atoms with van der Waals surface area (Å²) < 4.78 is 0. The lowest BCUT2D eigenvalue weighted by Gasteiger charge is -2.31. The second kappa shape index (κ2) is 5.63. The van der Waals surface area contributed by atoms with Crippen molar-refractivity contribution in [1.29, 1.82) is 0 Å². The molecule has 0 aliphatic carbocycles. The first-order chi connectivity index (χ1) is 9.48. The Kier molecular flexibility index (Phi) is 4.09. The molecule has 0 aromatic heterocycles. The van der Waals surface area contributed by atoms with Crippen molar-refractivity contribution in [2.45, 2.75) is 32.3 Å². The molecule has 2 rings (SSSR count). The molecule has 2 atom stereocenters. The van der Waals surface area contributed by atoms with Gasteiger partial charge in [0.1, 0.15) is 5.60 Å². The fourth-order valence-corrected chi connectivity index (χ4v) is 2.79.